The van der Waals surface area contributed by atoms with Gasteiger partial charge in [-0.3, -0.25) is 20.6 Å². The zero-order valence-corrected chi connectivity index (χ0v) is 14.3. The van der Waals surface area contributed by atoms with E-state index in [1.54, 1.807) is 13.2 Å². The Labute approximate surface area is 138 Å². The Morgan fingerprint density at radius 2 is 1.70 bits per heavy atom. The largest absolute Gasteiger partial charge is 0.370 e. The fraction of sp³-hybridized carbons (Fsp3) is 0.714. The highest BCUT2D eigenvalue weighted by molar-refractivity contribution is 5.96. The number of nitrogens with zero attached hydrogens (tertiary/aromatic N) is 4. The molecule has 0 saturated heterocycles. The lowest BCUT2D eigenvalue weighted by Crippen LogP contribution is -2.41. The predicted molar refractivity (Wildman–Crippen MR) is 94.7 cm³/mol. The van der Waals surface area contributed by atoms with E-state index < -0.39 is 0 Å². The summed E-state index contributed by atoms with van der Waals surface area (Å²) in [6, 6.07) is 0. The molecule has 0 heterocycles. The Kier molecular flexibility index (Phi) is 9.91. The van der Waals surface area contributed by atoms with Crippen LogP contribution in [0, 0.1) is 11.5 Å². The Morgan fingerprint density at radius 3 is 2.30 bits per heavy atom. The summed E-state index contributed by atoms with van der Waals surface area (Å²) in [4.78, 5) is 12.2. The van der Waals surface area contributed by atoms with Crippen molar-refractivity contribution in [1.29, 1.82) is 5.26 Å². The highest BCUT2D eigenvalue weighted by atomic mass is 15.2. The van der Waals surface area contributed by atoms with E-state index in [0.717, 1.165) is 32.1 Å². The fourth-order valence-electron chi connectivity index (χ4n) is 1.92. The van der Waals surface area contributed by atoms with Gasteiger partial charge in [0, 0.05) is 13.6 Å². The highest BCUT2D eigenvalue weighted by Crippen LogP contribution is 2.18. The van der Waals surface area contributed by atoms with Crippen LogP contribution in [0.25, 0.3) is 0 Å². The van der Waals surface area contributed by atoms with Gasteiger partial charge in [-0.1, -0.05) is 19.3 Å². The lowest BCUT2D eigenvalue weighted by Gasteiger charge is -2.20. The molecule has 0 radical (unpaired) electrons. The second kappa shape index (κ2) is 11.1. The first-order chi connectivity index (χ1) is 10.8. The molecule has 0 aromatic rings. The van der Waals surface area contributed by atoms with Gasteiger partial charge in [-0.25, -0.2) is 4.99 Å². The van der Waals surface area contributed by atoms with Crippen LogP contribution in [0.1, 0.15) is 46.0 Å². The first-order valence-electron chi connectivity index (χ1n) is 7.60. The maximum Gasteiger partial charge on any atom is 0.202 e. The third-order valence-corrected chi connectivity index (χ3v) is 3.08. The number of guanidine groups is 3. The van der Waals surface area contributed by atoms with E-state index in [4.69, 9.17) is 22.5 Å². The Morgan fingerprint density at radius 1 is 1.04 bits per heavy atom. The quantitative estimate of drug-likeness (QED) is 0.138. The molecule has 0 fully saturated rings. The molecular formula is C14H29N9. The van der Waals surface area contributed by atoms with E-state index in [1.807, 2.05) is 13.8 Å². The van der Waals surface area contributed by atoms with Crippen molar-refractivity contribution in [3.63, 3.8) is 0 Å². The van der Waals surface area contributed by atoms with Gasteiger partial charge in [0.15, 0.2) is 18.1 Å². The average molecular weight is 323 g/mol. The van der Waals surface area contributed by atoms with Crippen molar-refractivity contribution >= 4 is 17.9 Å². The average Bonchev–Trinajstić information content (AvgIpc) is 2.45. The van der Waals surface area contributed by atoms with Crippen LogP contribution in [-0.4, -0.2) is 37.0 Å². The molecule has 0 aromatic carbocycles. The number of nitrogens with one attached hydrogen (secondary N) is 2. The van der Waals surface area contributed by atoms with Gasteiger partial charge in [0.2, 0.25) is 5.96 Å². The fourth-order valence-corrected chi connectivity index (χ4v) is 1.92. The second-order valence-corrected chi connectivity index (χ2v) is 5.71. The standard InChI is InChI=1S/C14H29N9/c1-14(2,23-13(18)21-10-15)8-6-4-5-7-9-20-12(17)22-11(16)19-3/h4-9H2,1-3H3,(H3,18,21,23)(H5,16,17,19,20,22). The van der Waals surface area contributed by atoms with E-state index in [0.29, 0.717) is 6.54 Å². The molecule has 0 aliphatic heterocycles. The van der Waals surface area contributed by atoms with E-state index in [2.05, 4.69) is 25.6 Å². The van der Waals surface area contributed by atoms with Crippen molar-refractivity contribution < 1.29 is 0 Å². The van der Waals surface area contributed by atoms with Gasteiger partial charge in [-0.2, -0.15) is 5.26 Å². The smallest absolute Gasteiger partial charge is 0.202 e. The van der Waals surface area contributed by atoms with Gasteiger partial charge in [-0.15, -0.1) is 0 Å². The van der Waals surface area contributed by atoms with E-state index >= 15 is 0 Å². The van der Waals surface area contributed by atoms with Crippen LogP contribution < -0.4 is 27.8 Å². The summed E-state index contributed by atoms with van der Waals surface area (Å²) in [5, 5.41) is 13.5. The van der Waals surface area contributed by atoms with E-state index in [9.17, 15) is 0 Å². The number of hydrogen-bond acceptors (Lipinski definition) is 4. The Hall–Kier alpha value is -2.50. The molecule has 0 saturated carbocycles. The molecule has 9 heteroatoms. The molecule has 0 aliphatic rings. The highest BCUT2D eigenvalue weighted by Gasteiger charge is 2.16. The second-order valence-electron chi connectivity index (χ2n) is 5.71. The summed E-state index contributed by atoms with van der Waals surface area (Å²) < 4.78 is 0. The van der Waals surface area contributed by atoms with Crippen molar-refractivity contribution in [3.05, 3.63) is 0 Å². The normalized spacial score (nSPS) is 13.6. The van der Waals surface area contributed by atoms with Crippen molar-refractivity contribution in [2.45, 2.75) is 51.5 Å². The SMILES string of the molecule is CN=C(N)NC(N)=NCCCCCCC(C)(C)N=C(N)NC#N. The molecule has 0 atom stereocenters. The molecule has 8 N–H and O–H groups in total. The van der Waals surface area contributed by atoms with Crippen LogP contribution in [0.4, 0.5) is 0 Å². The first kappa shape index (κ1) is 20.5. The molecule has 9 nitrogen and oxygen atoms in total. The van der Waals surface area contributed by atoms with E-state index in [1.165, 1.54) is 0 Å². The molecule has 0 aromatic heterocycles. The summed E-state index contributed by atoms with van der Waals surface area (Å²) in [5.41, 5.74) is 16.4. The Balaban J connectivity index is 3.87. The van der Waals surface area contributed by atoms with Crippen molar-refractivity contribution in [3.8, 4) is 6.19 Å². The zero-order chi connectivity index (χ0) is 17.7. The first-order valence-corrected chi connectivity index (χ1v) is 7.60. The number of unbranched alkanes of at least 4 members (excludes halogenated alkanes) is 3. The summed E-state index contributed by atoms with van der Waals surface area (Å²) in [7, 11) is 1.57. The lowest BCUT2D eigenvalue weighted by molar-refractivity contribution is 0.445. The minimum absolute atomic E-state index is 0.157. The monoisotopic (exact) mass is 323 g/mol. The van der Waals surface area contributed by atoms with Crippen LogP contribution in [0.15, 0.2) is 15.0 Å². The molecule has 0 amide bonds. The number of aliphatic imine (C=N–C) groups is 3. The van der Waals surface area contributed by atoms with Gasteiger partial charge < -0.3 is 17.2 Å². The van der Waals surface area contributed by atoms with Crippen LogP contribution in [0.5, 0.6) is 0 Å². The molecule has 130 valence electrons. The van der Waals surface area contributed by atoms with Gasteiger partial charge in [0.1, 0.15) is 0 Å². The van der Waals surface area contributed by atoms with Crippen LogP contribution in [-0.2, 0) is 0 Å². The van der Waals surface area contributed by atoms with Crippen LogP contribution in [0.2, 0.25) is 0 Å². The minimum atomic E-state index is -0.280. The third kappa shape index (κ3) is 11.8. The summed E-state index contributed by atoms with van der Waals surface area (Å²) in [5.74, 6) is 0.688. The van der Waals surface area contributed by atoms with E-state index in [-0.39, 0.29) is 23.4 Å². The molecule has 0 unspecified atom stereocenters. The maximum absolute atomic E-state index is 8.47. The van der Waals surface area contributed by atoms with Crippen LogP contribution in [0.3, 0.4) is 0 Å². The summed E-state index contributed by atoms with van der Waals surface area (Å²) in [6.07, 6.45) is 6.77. The molecule has 0 spiro atoms. The summed E-state index contributed by atoms with van der Waals surface area (Å²) in [6.45, 7) is 4.64. The van der Waals surface area contributed by atoms with Gasteiger partial charge in [0.05, 0.1) is 5.54 Å². The Bertz CT molecular complexity index is 471. The summed E-state index contributed by atoms with van der Waals surface area (Å²) >= 11 is 0. The lowest BCUT2D eigenvalue weighted by atomic mass is 9.97. The topological polar surface area (TPSA) is 163 Å². The van der Waals surface area contributed by atoms with Crippen molar-refractivity contribution in [2.75, 3.05) is 13.6 Å². The number of hydrogen-bond donors (Lipinski definition) is 5. The minimum Gasteiger partial charge on any atom is -0.370 e. The van der Waals surface area contributed by atoms with Gasteiger partial charge in [0.25, 0.3) is 0 Å². The molecule has 0 rings (SSSR count). The molecular weight excluding hydrogens is 294 g/mol. The van der Waals surface area contributed by atoms with Crippen molar-refractivity contribution in [1.82, 2.24) is 10.6 Å². The van der Waals surface area contributed by atoms with Gasteiger partial charge in [-0.05, 0) is 26.7 Å². The maximum atomic E-state index is 8.47. The van der Waals surface area contributed by atoms with Crippen LogP contribution >= 0.6 is 0 Å². The number of nitrogens with two attached hydrogens (primary N) is 3. The van der Waals surface area contributed by atoms with Gasteiger partial charge >= 0.3 is 0 Å². The predicted octanol–water partition coefficient (Wildman–Crippen LogP) is -0.0503. The number of nitriles is 1. The zero-order valence-electron chi connectivity index (χ0n) is 14.3. The molecule has 0 aliphatic carbocycles. The third-order valence-electron chi connectivity index (χ3n) is 3.08. The number of rotatable bonds is 8. The van der Waals surface area contributed by atoms with Crippen molar-refractivity contribution in [2.24, 2.45) is 32.2 Å². The molecule has 0 bridgehead atoms. The molecule has 23 heavy (non-hydrogen) atoms.